The van der Waals surface area contributed by atoms with Gasteiger partial charge in [-0.1, -0.05) is 12.1 Å². The second kappa shape index (κ2) is 12.4. The zero-order valence-corrected chi connectivity index (χ0v) is 23.0. The number of nitrogens with one attached hydrogen (secondary N) is 2. The van der Waals surface area contributed by atoms with Gasteiger partial charge in [0.1, 0.15) is 18.2 Å². The van der Waals surface area contributed by atoms with Crippen LogP contribution in [0, 0.1) is 18.7 Å². The molecule has 0 aliphatic carbocycles. The van der Waals surface area contributed by atoms with Gasteiger partial charge in [0.05, 0.1) is 23.1 Å². The second-order valence-corrected chi connectivity index (χ2v) is 12.4. The summed E-state index contributed by atoms with van der Waals surface area (Å²) in [5, 5.41) is 16.9. The third-order valence-electron chi connectivity index (χ3n) is 7.25. The number of carbonyl (C=O) groups excluding carboxylic acids is 2. The smallest absolute Gasteiger partial charge is 0.243 e. The minimum Gasteiger partial charge on any atom is -0.491 e. The summed E-state index contributed by atoms with van der Waals surface area (Å²) in [6, 6.07) is 10.0. The average molecular weight is 562 g/mol. The molecule has 212 valence electrons. The van der Waals surface area contributed by atoms with E-state index in [-0.39, 0.29) is 48.1 Å². The lowest BCUT2D eigenvalue weighted by molar-refractivity contribution is -0.121. The average Bonchev–Trinajstić information content (AvgIpc) is 3.31. The zero-order valence-electron chi connectivity index (χ0n) is 22.2. The Labute approximate surface area is 228 Å². The van der Waals surface area contributed by atoms with Crippen LogP contribution in [0.3, 0.4) is 0 Å². The molecule has 3 N–H and O–H groups in total. The molecule has 2 aliphatic heterocycles. The van der Waals surface area contributed by atoms with Crippen molar-refractivity contribution in [2.24, 2.45) is 5.92 Å². The Balaban J connectivity index is 1.47. The molecule has 4 atom stereocenters. The number of aliphatic hydroxyl groups excluding tert-OH is 1. The maximum Gasteiger partial charge on any atom is 0.243 e. The molecule has 0 spiro atoms. The fourth-order valence-electron chi connectivity index (χ4n) is 5.32. The molecule has 0 unspecified atom stereocenters. The molecule has 2 saturated heterocycles. The van der Waals surface area contributed by atoms with Crippen molar-refractivity contribution in [3.05, 3.63) is 59.4 Å². The third kappa shape index (κ3) is 7.55. The van der Waals surface area contributed by atoms with Crippen LogP contribution in [-0.2, 0) is 26.0 Å². The van der Waals surface area contributed by atoms with Crippen LogP contribution >= 0.6 is 0 Å². The van der Waals surface area contributed by atoms with Gasteiger partial charge in [0.15, 0.2) is 0 Å². The molecule has 2 aliphatic rings. The summed E-state index contributed by atoms with van der Waals surface area (Å²) in [4.78, 5) is 23.6. The lowest BCUT2D eigenvalue weighted by atomic mass is 9.87. The number of piperidine rings is 1. The molecule has 0 radical (unpaired) electrons. The highest BCUT2D eigenvalue weighted by molar-refractivity contribution is 7.89. The minimum atomic E-state index is -3.74. The lowest BCUT2D eigenvalue weighted by Crippen LogP contribution is -2.52. The van der Waals surface area contributed by atoms with Crippen LogP contribution in [0.5, 0.6) is 5.75 Å². The first kappa shape index (κ1) is 29.0. The summed E-state index contributed by atoms with van der Waals surface area (Å²) < 4.78 is 48.2. The van der Waals surface area contributed by atoms with E-state index in [9.17, 15) is 27.5 Å². The molecule has 0 bridgehead atoms. The van der Waals surface area contributed by atoms with Gasteiger partial charge in [-0.05, 0) is 68.0 Å². The number of rotatable bonds is 10. The monoisotopic (exact) mass is 561 g/mol. The SMILES string of the molecule is CC(=O)N[C@@H](Cc1cc(F)cc(OC[C@H]2CCC(=O)N2)c1)[C@H](O)[C@@H]1CCCN(S(=O)(=O)c2cccc(C)c2)C1. The van der Waals surface area contributed by atoms with Crippen molar-refractivity contribution in [1.82, 2.24) is 14.9 Å². The van der Waals surface area contributed by atoms with Crippen LogP contribution in [-0.4, -0.2) is 67.5 Å². The van der Waals surface area contributed by atoms with Crippen molar-refractivity contribution in [2.45, 2.75) is 69.0 Å². The molecule has 2 fully saturated rings. The van der Waals surface area contributed by atoms with Gasteiger partial charge >= 0.3 is 0 Å². The molecule has 2 heterocycles. The van der Waals surface area contributed by atoms with Gasteiger partial charge in [0, 0.05) is 38.4 Å². The van der Waals surface area contributed by atoms with Crippen molar-refractivity contribution < 1.29 is 32.2 Å². The van der Waals surface area contributed by atoms with E-state index in [2.05, 4.69) is 10.6 Å². The minimum absolute atomic E-state index is 0.0383. The zero-order chi connectivity index (χ0) is 28.2. The van der Waals surface area contributed by atoms with Crippen molar-refractivity contribution in [3.63, 3.8) is 0 Å². The van der Waals surface area contributed by atoms with Crippen molar-refractivity contribution >= 4 is 21.8 Å². The van der Waals surface area contributed by atoms with E-state index in [0.29, 0.717) is 37.8 Å². The van der Waals surface area contributed by atoms with Gasteiger partial charge in [-0.2, -0.15) is 4.31 Å². The molecule has 39 heavy (non-hydrogen) atoms. The number of hydrogen-bond acceptors (Lipinski definition) is 6. The van der Waals surface area contributed by atoms with Gasteiger partial charge in [0.25, 0.3) is 0 Å². The molecular formula is C28H36FN3O6S. The number of sulfonamides is 1. The van der Waals surface area contributed by atoms with E-state index in [1.54, 1.807) is 24.3 Å². The predicted molar refractivity (Wildman–Crippen MR) is 143 cm³/mol. The normalized spacial score (nSPS) is 21.7. The van der Waals surface area contributed by atoms with Crippen molar-refractivity contribution in [1.29, 1.82) is 0 Å². The quantitative estimate of drug-likeness (QED) is 0.409. The molecule has 2 aromatic carbocycles. The van der Waals surface area contributed by atoms with E-state index in [1.807, 2.05) is 13.0 Å². The largest absolute Gasteiger partial charge is 0.491 e. The molecule has 4 rings (SSSR count). The Bertz CT molecular complexity index is 1300. The standard InChI is InChI=1S/C28H36FN3O6S/c1-18-5-3-7-25(11-18)39(36,37)32-10-4-6-21(16-32)28(35)26(30-19(2)33)14-20-12-22(29)15-24(13-20)38-17-23-8-9-27(34)31-23/h3,5,7,11-13,15,21,23,26,28,35H,4,6,8-10,14,16-17H2,1-2H3,(H,30,33)(H,31,34)/t21-,23-,26+,28-/m1/s1. The first-order valence-corrected chi connectivity index (χ1v) is 14.7. The van der Waals surface area contributed by atoms with Gasteiger partial charge in [-0.25, -0.2) is 12.8 Å². The fraction of sp³-hybridized carbons (Fsp3) is 0.500. The number of benzene rings is 2. The van der Waals surface area contributed by atoms with E-state index in [4.69, 9.17) is 4.74 Å². The summed E-state index contributed by atoms with van der Waals surface area (Å²) in [5.74, 6) is -1.06. The number of halogens is 1. The van der Waals surface area contributed by atoms with Gasteiger partial charge < -0.3 is 20.5 Å². The Hall–Kier alpha value is -3.02. The van der Waals surface area contributed by atoms with Gasteiger partial charge in [-0.15, -0.1) is 0 Å². The van der Waals surface area contributed by atoms with Crippen LogP contribution in [0.1, 0.15) is 43.7 Å². The van der Waals surface area contributed by atoms with E-state index in [0.717, 1.165) is 5.56 Å². The topological polar surface area (TPSA) is 125 Å². The maximum atomic E-state index is 14.5. The summed E-state index contributed by atoms with van der Waals surface area (Å²) in [6.45, 7) is 3.83. The van der Waals surface area contributed by atoms with Crippen LogP contribution in [0.2, 0.25) is 0 Å². The number of hydrogen-bond donors (Lipinski definition) is 3. The van der Waals surface area contributed by atoms with E-state index < -0.39 is 33.9 Å². The molecule has 0 saturated carbocycles. The highest BCUT2D eigenvalue weighted by Crippen LogP contribution is 2.28. The Morgan fingerprint density at radius 1 is 1.26 bits per heavy atom. The second-order valence-electron chi connectivity index (χ2n) is 10.5. The van der Waals surface area contributed by atoms with E-state index in [1.165, 1.54) is 23.4 Å². The third-order valence-corrected chi connectivity index (χ3v) is 9.12. The summed E-state index contributed by atoms with van der Waals surface area (Å²) in [5.41, 5.74) is 1.35. The molecule has 11 heteroatoms. The highest BCUT2D eigenvalue weighted by atomic mass is 32.2. The molecule has 2 amide bonds. The van der Waals surface area contributed by atoms with E-state index >= 15 is 0 Å². The first-order valence-electron chi connectivity index (χ1n) is 13.2. The predicted octanol–water partition coefficient (Wildman–Crippen LogP) is 2.30. The number of amides is 2. The lowest BCUT2D eigenvalue weighted by Gasteiger charge is -2.37. The van der Waals surface area contributed by atoms with Crippen molar-refractivity contribution in [3.8, 4) is 5.75 Å². The number of nitrogens with zero attached hydrogens (tertiary/aromatic N) is 1. The van der Waals surface area contributed by atoms with Crippen molar-refractivity contribution in [2.75, 3.05) is 19.7 Å². The molecular weight excluding hydrogens is 525 g/mol. The number of aliphatic hydroxyl groups is 1. The Morgan fingerprint density at radius 2 is 2.05 bits per heavy atom. The number of carbonyl (C=O) groups is 2. The van der Waals surface area contributed by atoms with Crippen LogP contribution in [0.15, 0.2) is 47.4 Å². The fourth-order valence-corrected chi connectivity index (χ4v) is 6.96. The molecule has 9 nitrogen and oxygen atoms in total. The molecule has 0 aromatic heterocycles. The van der Waals surface area contributed by atoms with Crippen LogP contribution in [0.25, 0.3) is 0 Å². The van der Waals surface area contributed by atoms with Crippen LogP contribution < -0.4 is 15.4 Å². The Morgan fingerprint density at radius 3 is 2.74 bits per heavy atom. The van der Waals surface area contributed by atoms with Gasteiger partial charge in [0.2, 0.25) is 21.8 Å². The first-order chi connectivity index (χ1) is 18.5. The van der Waals surface area contributed by atoms with Crippen LogP contribution in [0.4, 0.5) is 4.39 Å². The summed E-state index contributed by atoms with van der Waals surface area (Å²) in [7, 11) is -3.74. The highest BCUT2D eigenvalue weighted by Gasteiger charge is 2.36. The molecule has 2 aromatic rings. The maximum absolute atomic E-state index is 14.5. The Kier molecular flexibility index (Phi) is 9.24. The summed E-state index contributed by atoms with van der Waals surface area (Å²) in [6.07, 6.45) is 1.29. The summed E-state index contributed by atoms with van der Waals surface area (Å²) >= 11 is 0. The number of aryl methyl sites for hydroxylation is 1. The van der Waals surface area contributed by atoms with Gasteiger partial charge in [-0.3, -0.25) is 9.59 Å². The number of ether oxygens (including phenoxy) is 1.